The van der Waals surface area contributed by atoms with Gasteiger partial charge < -0.3 is 42.7 Å². The van der Waals surface area contributed by atoms with Crippen molar-refractivity contribution in [3.63, 3.8) is 0 Å². The summed E-state index contributed by atoms with van der Waals surface area (Å²) in [6.07, 6.45) is 3.57. The molecule has 1 spiro atoms. The van der Waals surface area contributed by atoms with Crippen LogP contribution in [0.3, 0.4) is 0 Å². The topological polar surface area (TPSA) is 166 Å². The molecule has 4 heterocycles. The Kier molecular flexibility index (Phi) is 7.22. The maximum absolute atomic E-state index is 13.9. The second kappa shape index (κ2) is 10.6. The molecule has 7 aliphatic rings. The van der Waals surface area contributed by atoms with Gasteiger partial charge in [0, 0.05) is 52.7 Å². The number of aliphatic hydroxyl groups is 1. The lowest BCUT2D eigenvalue weighted by Crippen LogP contribution is -2.92. The van der Waals surface area contributed by atoms with Crippen LogP contribution in [-0.4, -0.2) is 76.7 Å². The van der Waals surface area contributed by atoms with E-state index in [1.807, 2.05) is 34.6 Å². The summed E-state index contributed by atoms with van der Waals surface area (Å²) in [7, 11) is 1.30. The Morgan fingerprint density at radius 1 is 1.13 bits per heavy atom. The normalized spacial score (nSPS) is 48.3. The molecule has 0 radical (unpaired) electrons. The Bertz CT molecular complexity index is 1830. The van der Waals surface area contributed by atoms with Crippen molar-refractivity contribution >= 4 is 23.9 Å². The minimum Gasteiger partial charge on any atom is -0.472 e. The Balaban J connectivity index is 1.49. The number of furan rings is 1. The van der Waals surface area contributed by atoms with Crippen LogP contribution >= 0.6 is 0 Å². The first kappa shape index (κ1) is 35.5. The third-order valence-electron chi connectivity index (χ3n) is 14.8. The molecule has 13 heteroatoms. The number of carbonyl (C=O) groups excluding carboxylic acids is 4. The van der Waals surface area contributed by atoms with E-state index in [4.69, 9.17) is 37.6 Å². The van der Waals surface area contributed by atoms with Crippen molar-refractivity contribution in [3.05, 3.63) is 47.5 Å². The third-order valence-corrected chi connectivity index (χ3v) is 14.8. The van der Waals surface area contributed by atoms with Gasteiger partial charge in [0.25, 0.3) is 5.97 Å². The van der Waals surface area contributed by atoms with E-state index in [0.29, 0.717) is 29.6 Å². The summed E-state index contributed by atoms with van der Waals surface area (Å²) < 4.78 is 51.5. The van der Waals surface area contributed by atoms with Crippen LogP contribution in [0.1, 0.15) is 99.2 Å². The van der Waals surface area contributed by atoms with Crippen molar-refractivity contribution < 1.29 is 61.9 Å². The number of ether oxygens (including phenoxy) is 7. The fourth-order valence-corrected chi connectivity index (χ4v) is 12.3. The summed E-state index contributed by atoms with van der Waals surface area (Å²) in [6, 6.07) is 1.75. The molecule has 282 valence electrons. The second-order valence-electron chi connectivity index (χ2n) is 16.7. The highest BCUT2D eigenvalue weighted by molar-refractivity contribution is 5.88. The molecular weight excluding hydrogens is 676 g/mol. The van der Waals surface area contributed by atoms with E-state index < -0.39 is 98.6 Å². The fraction of sp³-hybridized carbons (Fsp3) is 0.692. The minimum atomic E-state index is -2.10. The average Bonchev–Trinajstić information content (AvgIpc) is 3.89. The zero-order valence-electron chi connectivity index (χ0n) is 31.2. The highest BCUT2D eigenvalue weighted by Gasteiger charge is 3.03. The van der Waals surface area contributed by atoms with Crippen LogP contribution < -0.4 is 0 Å². The Hall–Kier alpha value is -3.52. The summed E-state index contributed by atoms with van der Waals surface area (Å²) in [5.41, 5.74) is -9.45. The quantitative estimate of drug-likeness (QED) is 0.222. The predicted molar refractivity (Wildman–Crippen MR) is 177 cm³/mol. The molecule has 52 heavy (non-hydrogen) atoms. The molecular formula is C39H48O13. The van der Waals surface area contributed by atoms with E-state index >= 15 is 0 Å². The monoisotopic (exact) mass is 724 g/mol. The van der Waals surface area contributed by atoms with Crippen molar-refractivity contribution in [2.45, 2.75) is 134 Å². The Morgan fingerprint density at radius 2 is 1.87 bits per heavy atom. The molecule has 6 fully saturated rings. The van der Waals surface area contributed by atoms with E-state index in [1.54, 1.807) is 26.0 Å². The highest BCUT2D eigenvalue weighted by atomic mass is 17.0. The van der Waals surface area contributed by atoms with Gasteiger partial charge in [-0.15, -0.1) is 0 Å². The molecule has 4 bridgehead atoms. The van der Waals surface area contributed by atoms with Crippen molar-refractivity contribution in [1.29, 1.82) is 0 Å². The van der Waals surface area contributed by atoms with Crippen LogP contribution in [0.25, 0.3) is 0 Å². The first-order chi connectivity index (χ1) is 24.4. The summed E-state index contributed by atoms with van der Waals surface area (Å²) in [5.74, 6) is -5.54. The van der Waals surface area contributed by atoms with Crippen LogP contribution in [0, 0.1) is 28.1 Å². The molecule has 1 aromatic rings. The number of rotatable bonds is 8. The maximum Gasteiger partial charge on any atom is 0.333 e. The van der Waals surface area contributed by atoms with Gasteiger partial charge in [-0.05, 0) is 57.1 Å². The lowest BCUT2D eigenvalue weighted by atomic mass is 9.34. The number of carbonyl (C=O) groups is 4. The van der Waals surface area contributed by atoms with Gasteiger partial charge in [0.2, 0.25) is 5.60 Å². The number of esters is 4. The van der Waals surface area contributed by atoms with Gasteiger partial charge in [-0.2, -0.15) is 0 Å². The lowest BCUT2D eigenvalue weighted by Gasteiger charge is -2.75. The molecule has 13 unspecified atom stereocenters. The first-order valence-electron chi connectivity index (χ1n) is 18.2. The van der Waals surface area contributed by atoms with E-state index in [-0.39, 0.29) is 19.3 Å². The van der Waals surface area contributed by atoms with Crippen molar-refractivity contribution in [3.8, 4) is 0 Å². The van der Waals surface area contributed by atoms with Crippen LogP contribution in [0.5, 0.6) is 0 Å². The van der Waals surface area contributed by atoms with Crippen LogP contribution in [0.2, 0.25) is 0 Å². The second-order valence-corrected chi connectivity index (χ2v) is 16.7. The fourth-order valence-electron chi connectivity index (χ4n) is 12.3. The first-order valence-corrected chi connectivity index (χ1v) is 18.2. The van der Waals surface area contributed by atoms with Gasteiger partial charge in [-0.1, -0.05) is 40.7 Å². The summed E-state index contributed by atoms with van der Waals surface area (Å²) >= 11 is 0. The van der Waals surface area contributed by atoms with Gasteiger partial charge in [0.15, 0.2) is 11.7 Å². The standard InChI is InChI=1S/C39H48O13/c1-10-20(3)29(43)48-30-33(7)19-35(44)34(8,24(33)16-26(41)45-9)36-14-13-32(6)25(17-27(42)47-28(32)23-12-15-46-18-23)37(36)31(38(30,35)49-22(5)40)50-39(51-36,52-37)21(4)11-2/h10,12,15,17-18,21,24,28,30-31,44H,11,13-14,16,19H2,1-9H3. The minimum absolute atomic E-state index is 0.0361. The number of hydrogen-bond donors (Lipinski definition) is 1. The predicted octanol–water partition coefficient (Wildman–Crippen LogP) is 4.76. The van der Waals surface area contributed by atoms with Crippen molar-refractivity contribution in [2.24, 2.45) is 28.1 Å². The molecule has 1 aromatic heterocycles. The molecule has 13 atom stereocenters. The third kappa shape index (κ3) is 3.55. The number of methoxy groups -OCH3 is 1. The van der Waals surface area contributed by atoms with Gasteiger partial charge >= 0.3 is 23.9 Å². The number of fused-ring (bicyclic) bond motifs is 4. The maximum atomic E-state index is 13.9. The van der Waals surface area contributed by atoms with Crippen LogP contribution in [0.4, 0.5) is 0 Å². The Labute approximate surface area is 302 Å². The van der Waals surface area contributed by atoms with E-state index in [0.717, 1.165) is 0 Å². The number of allylic oxidation sites excluding steroid dienone is 1. The summed E-state index contributed by atoms with van der Waals surface area (Å²) in [6.45, 7) is 14.1. The zero-order chi connectivity index (χ0) is 37.7. The van der Waals surface area contributed by atoms with Gasteiger partial charge in [0.05, 0.1) is 19.6 Å². The molecule has 3 aliphatic heterocycles. The smallest absolute Gasteiger partial charge is 0.333 e. The molecule has 13 nitrogen and oxygen atoms in total. The number of hydrogen-bond acceptors (Lipinski definition) is 13. The molecule has 1 N–H and O–H groups in total. The SMILES string of the molecule is CC=C(C)C(=O)OC1C2(C)CC3(O)C1(OC(C)=O)C1OC4(C(C)CC)OC15C1=CC(=O)OC(c6ccoc6)C1(C)CCC5(O4)C3(C)C2CC(=O)OC. The lowest BCUT2D eigenvalue weighted by molar-refractivity contribution is -0.454. The largest absolute Gasteiger partial charge is 0.472 e. The van der Waals surface area contributed by atoms with Crippen molar-refractivity contribution in [2.75, 3.05) is 7.11 Å². The average molecular weight is 725 g/mol. The van der Waals surface area contributed by atoms with Crippen LogP contribution in [0.15, 0.2) is 46.3 Å². The zero-order valence-corrected chi connectivity index (χ0v) is 31.2. The molecule has 0 aromatic carbocycles. The summed E-state index contributed by atoms with van der Waals surface area (Å²) in [4.78, 5) is 54.8. The van der Waals surface area contributed by atoms with Gasteiger partial charge in [-0.25, -0.2) is 9.59 Å². The number of cyclic esters (lactones) is 1. The van der Waals surface area contributed by atoms with Gasteiger partial charge in [0.1, 0.15) is 23.4 Å². The highest BCUT2D eigenvalue weighted by Crippen LogP contribution is 2.88. The van der Waals surface area contributed by atoms with Crippen molar-refractivity contribution in [1.82, 2.24) is 0 Å². The molecule has 0 amide bonds. The van der Waals surface area contributed by atoms with E-state index in [1.165, 1.54) is 32.6 Å². The molecule has 8 rings (SSSR count). The van der Waals surface area contributed by atoms with Crippen LogP contribution in [-0.2, 0) is 52.3 Å². The van der Waals surface area contributed by atoms with E-state index in [9.17, 15) is 24.3 Å². The molecule has 4 saturated carbocycles. The summed E-state index contributed by atoms with van der Waals surface area (Å²) in [5, 5.41) is 13.8. The Morgan fingerprint density at radius 3 is 2.48 bits per heavy atom. The van der Waals surface area contributed by atoms with E-state index in [2.05, 4.69) is 0 Å². The van der Waals surface area contributed by atoms with Gasteiger partial charge in [-0.3, -0.25) is 9.59 Å². The molecule has 2 saturated heterocycles. The molecule has 4 aliphatic carbocycles.